The van der Waals surface area contributed by atoms with Crippen molar-refractivity contribution in [2.75, 3.05) is 0 Å². The van der Waals surface area contributed by atoms with Gasteiger partial charge in [-0.1, -0.05) is 35.0 Å². The van der Waals surface area contributed by atoms with Crippen LogP contribution in [0.4, 0.5) is 0 Å². The van der Waals surface area contributed by atoms with Crippen LogP contribution in [0.3, 0.4) is 0 Å². The van der Waals surface area contributed by atoms with E-state index in [4.69, 9.17) is 0 Å². The molecule has 1 unspecified atom stereocenters. The molecule has 8 nitrogen and oxygen atoms in total. The summed E-state index contributed by atoms with van der Waals surface area (Å²) in [7, 11) is 0. The highest BCUT2D eigenvalue weighted by Crippen LogP contribution is 2.09. The van der Waals surface area contributed by atoms with Gasteiger partial charge in [-0.15, -0.1) is 0 Å². The number of amides is 1. The first-order valence-corrected chi connectivity index (χ1v) is 8.31. The van der Waals surface area contributed by atoms with Gasteiger partial charge in [0.2, 0.25) is 0 Å². The van der Waals surface area contributed by atoms with Gasteiger partial charge in [0.1, 0.15) is 12.2 Å². The molecule has 0 fully saturated rings. The third-order valence-corrected chi connectivity index (χ3v) is 3.82. The fourth-order valence-corrected chi connectivity index (χ4v) is 2.50. The first kappa shape index (κ1) is 20.9. The summed E-state index contributed by atoms with van der Waals surface area (Å²) in [5.41, 5.74) is 1.56. The van der Waals surface area contributed by atoms with Gasteiger partial charge in [0.25, 0.3) is 12.5 Å². The van der Waals surface area contributed by atoms with Gasteiger partial charge in [-0.05, 0) is 16.7 Å². The maximum Gasteiger partial charge on any atom is 0.326 e. The van der Waals surface area contributed by atoms with E-state index in [0.717, 1.165) is 11.1 Å². The monoisotopic (exact) mass is 399 g/mol. The van der Waals surface area contributed by atoms with Gasteiger partial charge < -0.3 is 22.8 Å². The van der Waals surface area contributed by atoms with Gasteiger partial charge in [-0.25, -0.2) is 14.8 Å². The van der Waals surface area contributed by atoms with E-state index in [9.17, 15) is 14.7 Å². The maximum atomic E-state index is 12.2. The highest BCUT2D eigenvalue weighted by Gasteiger charge is 2.22. The van der Waals surface area contributed by atoms with Gasteiger partial charge >= 0.3 is 5.97 Å². The van der Waals surface area contributed by atoms with Gasteiger partial charge in [0.05, 0.1) is 0 Å². The number of aliphatic carboxylic acids is 1. The number of rotatable bonds is 7. The number of hydrogen-bond donors (Lipinski definition) is 2. The molecule has 0 bridgehead atoms. The Morgan fingerprint density at radius 2 is 1.79 bits per heavy atom. The van der Waals surface area contributed by atoms with Crippen LogP contribution >= 0.6 is 0 Å². The summed E-state index contributed by atoms with van der Waals surface area (Å²) in [4.78, 5) is 31.9. The number of aromatic nitrogens is 4. The van der Waals surface area contributed by atoms with E-state index in [1.54, 1.807) is 36.9 Å². The van der Waals surface area contributed by atoms with Crippen LogP contribution in [0.25, 0.3) is 11.4 Å². The van der Waals surface area contributed by atoms with E-state index in [2.05, 4.69) is 20.4 Å². The minimum Gasteiger partial charge on any atom is -1.00 e. The number of carbonyl (C=O) groups excluding carboxylic acids is 1. The SMILES string of the molecule is O=C(C[n+]1ccc(-c2ncccn2)cn1)NC(Cc1ccccc1)C(=O)O.[Cl-]. The fourth-order valence-electron chi connectivity index (χ4n) is 2.50. The zero-order chi connectivity index (χ0) is 19.1. The molecule has 0 aliphatic heterocycles. The van der Waals surface area contributed by atoms with Crippen LogP contribution in [0.15, 0.2) is 67.3 Å². The average molecular weight is 400 g/mol. The number of hydrogen-bond acceptors (Lipinski definition) is 5. The Morgan fingerprint density at radius 3 is 2.39 bits per heavy atom. The molecular weight excluding hydrogens is 382 g/mol. The van der Waals surface area contributed by atoms with Crippen LogP contribution in [0.2, 0.25) is 0 Å². The van der Waals surface area contributed by atoms with E-state index in [1.165, 1.54) is 4.68 Å². The zero-order valence-corrected chi connectivity index (χ0v) is 15.5. The van der Waals surface area contributed by atoms with Crippen molar-refractivity contribution in [3.63, 3.8) is 0 Å². The summed E-state index contributed by atoms with van der Waals surface area (Å²) in [5, 5.41) is 16.1. The molecule has 2 heterocycles. The van der Waals surface area contributed by atoms with Crippen LogP contribution < -0.4 is 22.4 Å². The average Bonchev–Trinajstić information content (AvgIpc) is 2.69. The summed E-state index contributed by atoms with van der Waals surface area (Å²) < 4.78 is 1.42. The highest BCUT2D eigenvalue weighted by atomic mass is 35.5. The second kappa shape index (κ2) is 10.1. The molecule has 2 N–H and O–H groups in total. The number of nitrogens with one attached hydrogen (secondary N) is 1. The molecule has 9 heteroatoms. The molecule has 3 aromatic rings. The van der Waals surface area contributed by atoms with Crippen molar-refractivity contribution >= 4 is 11.9 Å². The first-order chi connectivity index (χ1) is 13.1. The summed E-state index contributed by atoms with van der Waals surface area (Å²) in [5.74, 6) is -0.975. The molecule has 0 aliphatic rings. The van der Waals surface area contributed by atoms with Crippen LogP contribution in [-0.2, 0) is 22.6 Å². The second-order valence-electron chi connectivity index (χ2n) is 5.83. The number of benzene rings is 1. The first-order valence-electron chi connectivity index (χ1n) is 8.31. The minimum atomic E-state index is -1.08. The van der Waals surface area contributed by atoms with Crippen molar-refractivity contribution in [1.82, 2.24) is 20.4 Å². The molecule has 2 aromatic heterocycles. The van der Waals surface area contributed by atoms with E-state index in [1.807, 2.05) is 30.3 Å². The van der Waals surface area contributed by atoms with Crippen molar-refractivity contribution < 1.29 is 31.8 Å². The maximum absolute atomic E-state index is 12.2. The molecule has 1 amide bonds. The standard InChI is InChI=1S/C19H17N5O3.ClH/c25-17(23-16(19(26)27)11-14-5-2-1-3-6-14)13-24-10-7-15(12-22-24)18-20-8-4-9-21-18;/h1-10,12,16H,11,13H2,(H-,23,25,26,27);1H. The van der Waals surface area contributed by atoms with Gasteiger partial charge in [-0.3, -0.25) is 4.79 Å². The predicted octanol–water partition coefficient (Wildman–Crippen LogP) is -2.36. The number of carbonyl (C=O) groups is 2. The molecule has 3 rings (SSSR count). The number of nitrogens with zero attached hydrogens (tertiary/aromatic N) is 4. The fraction of sp³-hybridized carbons (Fsp3) is 0.158. The molecule has 0 spiro atoms. The topological polar surface area (TPSA) is 109 Å². The normalized spacial score (nSPS) is 11.1. The Kier molecular flexibility index (Phi) is 7.53. The summed E-state index contributed by atoms with van der Waals surface area (Å²) in [6, 6.07) is 11.6. The molecule has 0 saturated carbocycles. The predicted molar refractivity (Wildman–Crippen MR) is 95.2 cm³/mol. The lowest BCUT2D eigenvalue weighted by molar-refractivity contribution is -0.742. The molecule has 28 heavy (non-hydrogen) atoms. The van der Waals surface area contributed by atoms with Crippen molar-refractivity contribution in [2.45, 2.75) is 19.0 Å². The highest BCUT2D eigenvalue weighted by molar-refractivity contribution is 5.83. The van der Waals surface area contributed by atoms with E-state index in [0.29, 0.717) is 5.82 Å². The van der Waals surface area contributed by atoms with Crippen LogP contribution in [0.1, 0.15) is 5.56 Å². The van der Waals surface area contributed by atoms with Crippen molar-refractivity contribution in [1.29, 1.82) is 0 Å². The molecule has 1 aromatic carbocycles. The Hall–Kier alpha value is -3.39. The van der Waals surface area contributed by atoms with Gasteiger partial charge in [0.15, 0.2) is 12.0 Å². The van der Waals surface area contributed by atoms with E-state index >= 15 is 0 Å². The van der Waals surface area contributed by atoms with Crippen LogP contribution in [-0.4, -0.2) is 38.1 Å². The third kappa shape index (κ3) is 5.82. The smallest absolute Gasteiger partial charge is 0.326 e. The van der Waals surface area contributed by atoms with E-state index < -0.39 is 17.9 Å². The second-order valence-corrected chi connectivity index (χ2v) is 5.83. The lowest BCUT2D eigenvalue weighted by atomic mass is 10.1. The molecular formula is C19H18ClN5O3. The summed E-state index contributed by atoms with van der Waals surface area (Å²) in [6.45, 7) is -0.0888. The lowest BCUT2D eigenvalue weighted by Crippen LogP contribution is -3.00. The summed E-state index contributed by atoms with van der Waals surface area (Å²) in [6.07, 6.45) is 6.66. The quantitative estimate of drug-likeness (QED) is 0.430. The van der Waals surface area contributed by atoms with Crippen molar-refractivity contribution in [3.8, 4) is 11.4 Å². The van der Waals surface area contributed by atoms with Crippen molar-refractivity contribution in [3.05, 3.63) is 72.8 Å². The Bertz CT molecular complexity index is 908. The number of carboxylic acid groups (broad SMARTS) is 1. The number of carboxylic acids is 1. The molecule has 144 valence electrons. The molecule has 0 radical (unpaired) electrons. The Balaban J connectivity index is 0.00000280. The lowest BCUT2D eigenvalue weighted by Gasteiger charge is -2.13. The minimum absolute atomic E-state index is 0. The van der Waals surface area contributed by atoms with Gasteiger partial charge in [-0.2, -0.15) is 0 Å². The van der Waals surface area contributed by atoms with Gasteiger partial charge in [0, 0.05) is 30.4 Å². The third-order valence-electron chi connectivity index (χ3n) is 3.82. The number of halogens is 1. The Morgan fingerprint density at radius 1 is 1.07 bits per heavy atom. The largest absolute Gasteiger partial charge is 1.00 e. The summed E-state index contributed by atoms with van der Waals surface area (Å²) >= 11 is 0. The van der Waals surface area contributed by atoms with Crippen LogP contribution in [0.5, 0.6) is 0 Å². The molecule has 0 saturated heterocycles. The molecule has 0 aliphatic carbocycles. The van der Waals surface area contributed by atoms with Crippen LogP contribution in [0, 0.1) is 0 Å². The van der Waals surface area contributed by atoms with E-state index in [-0.39, 0.29) is 25.4 Å². The molecule has 1 atom stereocenters. The zero-order valence-electron chi connectivity index (χ0n) is 14.8. The van der Waals surface area contributed by atoms with Crippen molar-refractivity contribution in [2.24, 2.45) is 0 Å². The Labute approximate surface area is 167 Å².